The van der Waals surface area contributed by atoms with Crippen molar-refractivity contribution in [2.45, 2.75) is 38.9 Å². The van der Waals surface area contributed by atoms with E-state index in [1.54, 1.807) is 0 Å². The maximum absolute atomic E-state index is 13.5. The summed E-state index contributed by atoms with van der Waals surface area (Å²) in [6.45, 7) is 5.32. The van der Waals surface area contributed by atoms with E-state index in [2.05, 4.69) is 43.6 Å². The fourth-order valence-electron chi connectivity index (χ4n) is 5.30. The van der Waals surface area contributed by atoms with Crippen LogP contribution in [0.5, 0.6) is 0 Å². The minimum absolute atomic E-state index is 0.123. The number of hydrogen-bond acceptors (Lipinski definition) is 5. The van der Waals surface area contributed by atoms with Crippen molar-refractivity contribution in [3.05, 3.63) is 100 Å². The molecule has 1 unspecified atom stereocenters. The maximum Gasteiger partial charge on any atom is 0.193 e. The van der Waals surface area contributed by atoms with E-state index >= 15 is 0 Å². The van der Waals surface area contributed by atoms with Gasteiger partial charge < -0.3 is 15.2 Å². The number of rotatable bonds is 6. The Hall–Kier alpha value is -3.64. The molecule has 2 aromatic heterocycles. The van der Waals surface area contributed by atoms with Crippen molar-refractivity contribution in [3.8, 4) is 0 Å². The third kappa shape index (κ3) is 5.08. The van der Waals surface area contributed by atoms with Gasteiger partial charge in [0, 0.05) is 79.7 Å². The van der Waals surface area contributed by atoms with Crippen LogP contribution < -0.4 is 16.1 Å². The smallest absolute Gasteiger partial charge is 0.193 e. The average Bonchev–Trinajstić information content (AvgIpc) is 2.87. The normalized spacial score (nSPS) is 16.2. The molecule has 1 saturated heterocycles. The van der Waals surface area contributed by atoms with Gasteiger partial charge in [0.15, 0.2) is 5.43 Å². The van der Waals surface area contributed by atoms with Gasteiger partial charge in [-0.25, -0.2) is 0 Å². The number of fused-ring (bicyclic) bond motifs is 1. The van der Waals surface area contributed by atoms with E-state index in [1.165, 1.54) is 5.56 Å². The first-order valence-electron chi connectivity index (χ1n) is 12.3. The lowest BCUT2D eigenvalue weighted by molar-refractivity contribution is 0.158. The van der Waals surface area contributed by atoms with Crippen molar-refractivity contribution < 1.29 is 0 Å². The van der Waals surface area contributed by atoms with E-state index in [0.29, 0.717) is 12.6 Å². The van der Waals surface area contributed by atoms with Crippen molar-refractivity contribution >= 4 is 22.3 Å². The molecule has 1 atom stereocenters. The first-order chi connectivity index (χ1) is 17.0. The van der Waals surface area contributed by atoms with Crippen LogP contribution in [0.3, 0.4) is 0 Å². The Bertz CT molecular complexity index is 1400. The van der Waals surface area contributed by atoms with Crippen molar-refractivity contribution in [1.29, 1.82) is 0 Å². The second kappa shape index (κ2) is 9.92. The summed E-state index contributed by atoms with van der Waals surface area (Å²) in [5.41, 5.74) is 12.2. The lowest BCUT2D eigenvalue weighted by Crippen LogP contribution is -2.48. The summed E-state index contributed by atoms with van der Waals surface area (Å²) >= 11 is 0. The Kier molecular flexibility index (Phi) is 6.55. The monoisotopic (exact) mass is 467 g/mol. The Morgan fingerprint density at radius 2 is 1.94 bits per heavy atom. The molecule has 4 aromatic rings. The predicted molar refractivity (Wildman–Crippen MR) is 143 cm³/mol. The van der Waals surface area contributed by atoms with E-state index in [1.807, 2.05) is 62.8 Å². The molecule has 35 heavy (non-hydrogen) atoms. The molecule has 1 aliphatic rings. The number of anilines is 2. The van der Waals surface area contributed by atoms with Gasteiger partial charge in [-0.15, -0.1) is 0 Å². The zero-order valence-corrected chi connectivity index (χ0v) is 20.5. The first-order valence-corrected chi connectivity index (χ1v) is 12.3. The van der Waals surface area contributed by atoms with Crippen molar-refractivity contribution in [1.82, 2.24) is 14.5 Å². The van der Waals surface area contributed by atoms with E-state index in [9.17, 15) is 4.79 Å². The number of piperidine rings is 1. The lowest BCUT2D eigenvalue weighted by atomic mass is 10.0. The number of nitrogen functional groups attached to an aromatic ring is 1. The number of nitrogens with zero attached hydrogens (tertiary/aromatic N) is 4. The molecule has 2 aromatic carbocycles. The maximum atomic E-state index is 13.5. The molecule has 0 amide bonds. The van der Waals surface area contributed by atoms with Crippen LogP contribution in [0.25, 0.3) is 10.9 Å². The molecule has 5 rings (SSSR count). The third-order valence-electron chi connectivity index (χ3n) is 7.04. The molecule has 1 aliphatic heterocycles. The van der Waals surface area contributed by atoms with Crippen LogP contribution in [-0.2, 0) is 20.1 Å². The molecular formula is C29H33N5O. The number of aryl methyl sites for hydroxylation is 2. The number of hydrogen-bond donors (Lipinski definition) is 1. The van der Waals surface area contributed by atoms with Gasteiger partial charge in [0.2, 0.25) is 0 Å². The van der Waals surface area contributed by atoms with Crippen molar-refractivity contribution in [2.75, 3.05) is 23.7 Å². The fourth-order valence-corrected chi connectivity index (χ4v) is 5.30. The van der Waals surface area contributed by atoms with E-state index in [-0.39, 0.29) is 5.43 Å². The van der Waals surface area contributed by atoms with Crippen LogP contribution in [0.15, 0.2) is 77.9 Å². The van der Waals surface area contributed by atoms with Gasteiger partial charge in [-0.2, -0.15) is 0 Å². The highest BCUT2D eigenvalue weighted by Crippen LogP contribution is 2.26. The SMILES string of the molecule is Cc1cc(CN(Cc2cn(C)c3ccccc3c2=O)C2CCCN(c3cccc(N)c3)C2)ccn1. The van der Waals surface area contributed by atoms with Gasteiger partial charge in [-0.1, -0.05) is 18.2 Å². The molecule has 1 fully saturated rings. The largest absolute Gasteiger partial charge is 0.399 e. The Morgan fingerprint density at radius 1 is 1.09 bits per heavy atom. The van der Waals surface area contributed by atoms with Crippen LogP contribution in [0, 0.1) is 6.92 Å². The zero-order chi connectivity index (χ0) is 24.4. The summed E-state index contributed by atoms with van der Waals surface area (Å²) in [5.74, 6) is 0. The number of nitrogens with two attached hydrogens (primary N) is 1. The second-order valence-corrected chi connectivity index (χ2v) is 9.66. The molecule has 6 nitrogen and oxygen atoms in total. The molecule has 0 aliphatic carbocycles. The molecule has 0 bridgehead atoms. The molecule has 0 spiro atoms. The van der Waals surface area contributed by atoms with Gasteiger partial charge >= 0.3 is 0 Å². The number of para-hydroxylation sites is 1. The lowest BCUT2D eigenvalue weighted by Gasteiger charge is -2.40. The Balaban J connectivity index is 1.48. The predicted octanol–water partition coefficient (Wildman–Crippen LogP) is 4.50. The zero-order valence-electron chi connectivity index (χ0n) is 20.5. The molecule has 0 saturated carbocycles. The van der Waals surface area contributed by atoms with Gasteiger partial charge in [0.25, 0.3) is 0 Å². The highest BCUT2D eigenvalue weighted by Gasteiger charge is 2.27. The highest BCUT2D eigenvalue weighted by molar-refractivity contribution is 5.79. The summed E-state index contributed by atoms with van der Waals surface area (Å²) in [7, 11) is 2.02. The van der Waals surface area contributed by atoms with Gasteiger partial charge in [0.05, 0.1) is 5.52 Å². The minimum Gasteiger partial charge on any atom is -0.399 e. The fraction of sp³-hybridized carbons (Fsp3) is 0.310. The summed E-state index contributed by atoms with van der Waals surface area (Å²) in [6.07, 6.45) is 6.07. The van der Waals surface area contributed by atoms with E-state index in [0.717, 1.165) is 66.0 Å². The molecule has 180 valence electrons. The number of benzene rings is 2. The average molecular weight is 468 g/mol. The van der Waals surface area contributed by atoms with E-state index in [4.69, 9.17) is 5.73 Å². The van der Waals surface area contributed by atoms with E-state index < -0.39 is 0 Å². The molecular weight excluding hydrogens is 434 g/mol. The van der Waals surface area contributed by atoms with Gasteiger partial charge in [0.1, 0.15) is 0 Å². The van der Waals surface area contributed by atoms with Gasteiger partial charge in [-0.05, 0) is 67.8 Å². The Morgan fingerprint density at radius 3 is 2.77 bits per heavy atom. The van der Waals surface area contributed by atoms with Crippen LogP contribution >= 0.6 is 0 Å². The van der Waals surface area contributed by atoms with Gasteiger partial charge in [-0.3, -0.25) is 14.7 Å². The Labute approximate surface area is 206 Å². The standard InChI is InChI=1S/C29H33N5O/c1-21-15-22(12-13-31-21)17-34(19-23-18-32(2)28-11-4-3-10-27(28)29(23)35)26-9-6-14-33(20-26)25-8-5-7-24(30)16-25/h3-5,7-8,10-13,15-16,18,26H,6,9,14,17,19-20,30H2,1-2H3. The summed E-state index contributed by atoms with van der Waals surface area (Å²) in [6, 6.07) is 20.5. The van der Waals surface area contributed by atoms with Crippen molar-refractivity contribution in [2.24, 2.45) is 7.05 Å². The summed E-state index contributed by atoms with van der Waals surface area (Å²) in [5, 5.41) is 0.775. The minimum atomic E-state index is 0.123. The number of aromatic nitrogens is 2. The van der Waals surface area contributed by atoms with Crippen molar-refractivity contribution in [3.63, 3.8) is 0 Å². The molecule has 0 radical (unpaired) electrons. The topological polar surface area (TPSA) is 67.4 Å². The second-order valence-electron chi connectivity index (χ2n) is 9.66. The number of pyridine rings is 2. The summed E-state index contributed by atoms with van der Waals surface area (Å²) in [4.78, 5) is 22.7. The quantitative estimate of drug-likeness (QED) is 0.423. The third-order valence-corrected chi connectivity index (χ3v) is 7.04. The van der Waals surface area contributed by atoms with Crippen LogP contribution in [-0.4, -0.2) is 33.6 Å². The van der Waals surface area contributed by atoms with Crippen LogP contribution in [0.1, 0.15) is 29.7 Å². The molecule has 6 heteroatoms. The molecule has 2 N–H and O–H groups in total. The highest BCUT2D eigenvalue weighted by atomic mass is 16.1. The van der Waals surface area contributed by atoms with Crippen LogP contribution in [0.4, 0.5) is 11.4 Å². The first kappa shape index (κ1) is 23.1. The summed E-state index contributed by atoms with van der Waals surface area (Å²) < 4.78 is 2.07. The van der Waals surface area contributed by atoms with Crippen LogP contribution in [0.2, 0.25) is 0 Å². The molecule has 3 heterocycles.